The molecule has 0 radical (unpaired) electrons. The molecule has 16 heavy (non-hydrogen) atoms. The van der Waals surface area contributed by atoms with Crippen LogP contribution in [0.1, 0.15) is 11.1 Å². The van der Waals surface area contributed by atoms with Crippen molar-refractivity contribution in [1.82, 2.24) is 0 Å². The molecular formula is C11H13FO4. The Morgan fingerprint density at radius 1 is 1.50 bits per heavy atom. The number of hydrogen-bond acceptors (Lipinski definition) is 3. The van der Waals surface area contributed by atoms with Gasteiger partial charge in [-0.25, -0.2) is 4.39 Å². The van der Waals surface area contributed by atoms with E-state index in [0.717, 1.165) is 0 Å². The van der Waals surface area contributed by atoms with Gasteiger partial charge in [-0.15, -0.1) is 0 Å². The zero-order valence-electron chi connectivity index (χ0n) is 9.12. The zero-order valence-corrected chi connectivity index (χ0v) is 9.12. The molecule has 0 unspecified atom stereocenters. The lowest BCUT2D eigenvalue weighted by molar-refractivity contribution is -0.136. The molecule has 0 aliphatic carbocycles. The molecule has 5 heteroatoms. The van der Waals surface area contributed by atoms with E-state index in [1.165, 1.54) is 26.2 Å². The first-order valence-electron chi connectivity index (χ1n) is 4.67. The normalized spacial score (nSPS) is 10.2. The molecule has 0 atom stereocenters. The van der Waals surface area contributed by atoms with E-state index in [1.54, 1.807) is 0 Å². The summed E-state index contributed by atoms with van der Waals surface area (Å²) in [6, 6.07) is 2.94. The molecule has 0 bridgehead atoms. The lowest BCUT2D eigenvalue weighted by atomic mass is 10.1. The Hall–Kier alpha value is -1.62. The fraction of sp³-hybridized carbons (Fsp3) is 0.364. The molecule has 1 rings (SSSR count). The van der Waals surface area contributed by atoms with Crippen molar-refractivity contribution >= 4 is 5.97 Å². The molecule has 0 amide bonds. The summed E-state index contributed by atoms with van der Waals surface area (Å²) in [6.45, 7) is 1.56. The standard InChI is InChI=1S/C11H13FO4/c1-7-9(16-6-15-2)4-3-8(11(7)12)5-10(13)14/h3-4H,5-6H2,1-2H3,(H,13,14). The summed E-state index contributed by atoms with van der Waals surface area (Å²) in [4.78, 5) is 10.5. The van der Waals surface area contributed by atoms with Crippen molar-refractivity contribution in [3.05, 3.63) is 29.1 Å². The predicted molar refractivity (Wildman–Crippen MR) is 55.0 cm³/mol. The number of benzene rings is 1. The van der Waals surface area contributed by atoms with Gasteiger partial charge in [-0.2, -0.15) is 0 Å². The van der Waals surface area contributed by atoms with Crippen LogP contribution in [0.15, 0.2) is 12.1 Å². The van der Waals surface area contributed by atoms with Gasteiger partial charge in [-0.3, -0.25) is 4.79 Å². The van der Waals surface area contributed by atoms with Gasteiger partial charge < -0.3 is 14.6 Å². The molecular weight excluding hydrogens is 215 g/mol. The highest BCUT2D eigenvalue weighted by Crippen LogP contribution is 2.23. The average molecular weight is 228 g/mol. The minimum atomic E-state index is -1.07. The van der Waals surface area contributed by atoms with Gasteiger partial charge in [-0.1, -0.05) is 6.07 Å². The van der Waals surface area contributed by atoms with E-state index in [-0.39, 0.29) is 24.3 Å². The summed E-state index contributed by atoms with van der Waals surface area (Å²) < 4.78 is 23.5. The number of methoxy groups -OCH3 is 1. The summed E-state index contributed by atoms with van der Waals surface area (Å²) in [5.74, 6) is -1.26. The smallest absolute Gasteiger partial charge is 0.307 e. The minimum Gasteiger partial charge on any atom is -0.481 e. The minimum absolute atomic E-state index is 0.0263. The van der Waals surface area contributed by atoms with E-state index in [9.17, 15) is 9.18 Å². The summed E-state index contributed by atoms with van der Waals surface area (Å²) in [5, 5.41) is 8.58. The number of rotatable bonds is 5. The molecule has 0 aliphatic heterocycles. The highest BCUT2D eigenvalue weighted by atomic mass is 19.1. The molecule has 0 aromatic heterocycles. The number of carboxylic acids is 1. The Morgan fingerprint density at radius 3 is 2.75 bits per heavy atom. The quantitative estimate of drug-likeness (QED) is 0.780. The molecule has 1 N–H and O–H groups in total. The van der Waals surface area contributed by atoms with Crippen LogP contribution in [0.25, 0.3) is 0 Å². The van der Waals surface area contributed by atoms with Crippen LogP contribution in [0.4, 0.5) is 4.39 Å². The fourth-order valence-electron chi connectivity index (χ4n) is 1.30. The molecule has 0 spiro atoms. The molecule has 4 nitrogen and oxygen atoms in total. The SMILES string of the molecule is COCOc1ccc(CC(=O)O)c(F)c1C. The van der Waals surface area contributed by atoms with Crippen molar-refractivity contribution in [1.29, 1.82) is 0 Å². The van der Waals surface area contributed by atoms with Crippen LogP contribution >= 0.6 is 0 Å². The molecule has 0 heterocycles. The Morgan fingerprint density at radius 2 is 2.19 bits per heavy atom. The molecule has 0 saturated carbocycles. The van der Waals surface area contributed by atoms with Crippen molar-refractivity contribution in [3.8, 4) is 5.75 Å². The van der Waals surface area contributed by atoms with E-state index in [1.807, 2.05) is 0 Å². The molecule has 1 aromatic rings. The second-order valence-corrected chi connectivity index (χ2v) is 3.28. The van der Waals surface area contributed by atoms with Crippen LogP contribution in [0.3, 0.4) is 0 Å². The monoisotopic (exact) mass is 228 g/mol. The lowest BCUT2D eigenvalue weighted by Gasteiger charge is -2.10. The van der Waals surface area contributed by atoms with Crippen LogP contribution in [-0.4, -0.2) is 25.0 Å². The van der Waals surface area contributed by atoms with Crippen LogP contribution in [0.5, 0.6) is 5.75 Å². The third-order valence-electron chi connectivity index (χ3n) is 2.09. The van der Waals surface area contributed by atoms with Crippen molar-refractivity contribution in [2.24, 2.45) is 0 Å². The van der Waals surface area contributed by atoms with Gasteiger partial charge in [0.15, 0.2) is 6.79 Å². The first-order valence-corrected chi connectivity index (χ1v) is 4.67. The van der Waals surface area contributed by atoms with E-state index >= 15 is 0 Å². The zero-order chi connectivity index (χ0) is 12.1. The van der Waals surface area contributed by atoms with E-state index < -0.39 is 11.8 Å². The van der Waals surface area contributed by atoms with Crippen LogP contribution < -0.4 is 4.74 Å². The van der Waals surface area contributed by atoms with Crippen LogP contribution in [0, 0.1) is 12.7 Å². The van der Waals surface area contributed by atoms with E-state index in [4.69, 9.17) is 14.6 Å². The van der Waals surface area contributed by atoms with Crippen LogP contribution in [0.2, 0.25) is 0 Å². The molecule has 1 aromatic carbocycles. The highest BCUT2D eigenvalue weighted by molar-refractivity contribution is 5.70. The summed E-state index contributed by atoms with van der Waals surface area (Å²) >= 11 is 0. The number of carbonyl (C=O) groups is 1. The van der Waals surface area contributed by atoms with Gasteiger partial charge in [0.2, 0.25) is 0 Å². The van der Waals surface area contributed by atoms with Crippen LogP contribution in [-0.2, 0) is 16.0 Å². The summed E-state index contributed by atoms with van der Waals surface area (Å²) in [5.41, 5.74) is 0.436. The van der Waals surface area contributed by atoms with E-state index in [2.05, 4.69) is 0 Å². The highest BCUT2D eigenvalue weighted by Gasteiger charge is 2.12. The van der Waals surface area contributed by atoms with Gasteiger partial charge >= 0.3 is 5.97 Å². The summed E-state index contributed by atoms with van der Waals surface area (Å²) in [7, 11) is 1.46. The molecule has 0 aliphatic rings. The Labute approximate surface area is 92.6 Å². The third kappa shape index (κ3) is 2.93. The molecule has 88 valence electrons. The second-order valence-electron chi connectivity index (χ2n) is 3.28. The third-order valence-corrected chi connectivity index (χ3v) is 2.09. The largest absolute Gasteiger partial charge is 0.481 e. The van der Waals surface area contributed by atoms with Crippen molar-refractivity contribution in [2.45, 2.75) is 13.3 Å². The predicted octanol–water partition coefficient (Wildman–Crippen LogP) is 1.74. The van der Waals surface area contributed by atoms with Crippen molar-refractivity contribution < 1.29 is 23.8 Å². The maximum absolute atomic E-state index is 13.7. The summed E-state index contributed by atoms with van der Waals surface area (Å²) in [6.07, 6.45) is -0.336. The van der Waals surface area contributed by atoms with Gasteiger partial charge in [0.1, 0.15) is 11.6 Å². The first-order chi connectivity index (χ1) is 7.56. The number of ether oxygens (including phenoxy) is 2. The fourth-order valence-corrected chi connectivity index (χ4v) is 1.30. The lowest BCUT2D eigenvalue weighted by Crippen LogP contribution is -2.06. The molecule has 0 fully saturated rings. The van der Waals surface area contributed by atoms with Gasteiger partial charge in [-0.05, 0) is 18.6 Å². The van der Waals surface area contributed by atoms with Gasteiger partial charge in [0.05, 0.1) is 6.42 Å². The topological polar surface area (TPSA) is 55.8 Å². The second kappa shape index (κ2) is 5.46. The van der Waals surface area contributed by atoms with Crippen molar-refractivity contribution in [3.63, 3.8) is 0 Å². The Bertz CT molecular complexity index is 390. The van der Waals surface area contributed by atoms with Crippen molar-refractivity contribution in [2.75, 3.05) is 13.9 Å². The molecule has 0 saturated heterocycles. The number of hydrogen-bond donors (Lipinski definition) is 1. The maximum atomic E-state index is 13.7. The van der Waals surface area contributed by atoms with E-state index in [0.29, 0.717) is 5.75 Å². The number of aliphatic carboxylic acids is 1. The first kappa shape index (κ1) is 12.4. The van der Waals surface area contributed by atoms with Gasteiger partial charge in [0, 0.05) is 12.7 Å². The average Bonchev–Trinajstić information content (AvgIpc) is 2.23. The number of carboxylic acid groups (broad SMARTS) is 1. The maximum Gasteiger partial charge on any atom is 0.307 e. The Balaban J connectivity index is 2.93. The number of halogens is 1. The Kier molecular flexibility index (Phi) is 4.25. The van der Waals surface area contributed by atoms with Gasteiger partial charge in [0.25, 0.3) is 0 Å².